The first-order valence-electron chi connectivity index (χ1n) is 13.9. The molecule has 0 radical (unpaired) electrons. The largest absolute Gasteiger partial charge is 0.372 e. The van der Waals surface area contributed by atoms with Crippen LogP contribution < -0.4 is 5.73 Å². The van der Waals surface area contributed by atoms with Crippen LogP contribution in [0, 0.1) is 17.0 Å². The second-order valence-corrected chi connectivity index (χ2v) is 11.8. The number of hydrogen-bond acceptors (Lipinski definition) is 5. The lowest BCUT2D eigenvalue weighted by atomic mass is 9.84. The molecule has 0 bridgehead atoms. The van der Waals surface area contributed by atoms with E-state index in [1.54, 1.807) is 9.58 Å². The zero-order valence-electron chi connectivity index (χ0n) is 24.2. The van der Waals surface area contributed by atoms with E-state index in [2.05, 4.69) is 5.10 Å². The Bertz CT molecular complexity index is 1320. The summed E-state index contributed by atoms with van der Waals surface area (Å²) in [6.45, 7) is 9.90. The van der Waals surface area contributed by atoms with Crippen molar-refractivity contribution in [3.63, 3.8) is 0 Å². The number of morpholine rings is 1. The number of alkyl halides is 1. The SMILES string of the molecule is C[C@@H]1CN(C(=O)N(CC(F)CN)[C@@H](c2nc(-c3cc(F)ccc3F)nn2Cc2ccccc2)C(C)(C)C)C[C@H](C)O1. The van der Waals surface area contributed by atoms with Crippen LogP contribution in [0.1, 0.15) is 52.0 Å². The van der Waals surface area contributed by atoms with E-state index < -0.39 is 29.3 Å². The van der Waals surface area contributed by atoms with Gasteiger partial charge in [-0.2, -0.15) is 5.10 Å². The second kappa shape index (κ2) is 12.6. The monoisotopic (exact) mass is 572 g/mol. The first kappa shape index (κ1) is 30.5. The van der Waals surface area contributed by atoms with Crippen molar-refractivity contribution >= 4 is 6.03 Å². The number of aromatic nitrogens is 3. The topological polar surface area (TPSA) is 89.5 Å². The van der Waals surface area contributed by atoms with Crippen LogP contribution >= 0.6 is 0 Å². The molecular weight excluding hydrogens is 533 g/mol. The van der Waals surface area contributed by atoms with Crippen molar-refractivity contribution in [2.24, 2.45) is 11.1 Å². The zero-order chi connectivity index (χ0) is 29.9. The van der Waals surface area contributed by atoms with E-state index in [4.69, 9.17) is 15.5 Å². The third-order valence-electron chi connectivity index (χ3n) is 7.01. The molecule has 2 heterocycles. The summed E-state index contributed by atoms with van der Waals surface area (Å²) in [5.74, 6) is -1.02. The molecule has 2 N–H and O–H groups in total. The van der Waals surface area contributed by atoms with E-state index in [0.29, 0.717) is 18.9 Å². The van der Waals surface area contributed by atoms with Gasteiger partial charge in [0.2, 0.25) is 0 Å². The number of nitrogens with zero attached hydrogens (tertiary/aromatic N) is 5. The van der Waals surface area contributed by atoms with E-state index in [0.717, 1.165) is 23.8 Å². The Hall–Kier alpha value is -3.44. The number of carbonyl (C=O) groups excluding carboxylic acids is 1. The molecule has 1 aliphatic rings. The molecule has 1 aromatic heterocycles. The number of urea groups is 1. The molecule has 4 rings (SSSR count). The standard InChI is InChI=1S/C30H39F3N6O2/c1-19-15-37(16-20(2)41-19)29(40)38(18-23(32)14-34)26(30(3,4)5)28-35-27(24-13-22(31)11-12-25(24)33)36-39(28)17-21-9-7-6-8-10-21/h6-13,19-20,23,26H,14-18,34H2,1-5H3/t19-,20+,23?,26-/m0/s1. The molecule has 0 saturated carbocycles. The molecule has 4 atom stereocenters. The number of hydrogen-bond donors (Lipinski definition) is 1. The Morgan fingerprint density at radius 2 is 1.78 bits per heavy atom. The second-order valence-electron chi connectivity index (χ2n) is 11.8. The highest BCUT2D eigenvalue weighted by Gasteiger charge is 2.42. The summed E-state index contributed by atoms with van der Waals surface area (Å²) in [5.41, 5.74) is 5.78. The van der Waals surface area contributed by atoms with Gasteiger partial charge in [0.1, 0.15) is 17.8 Å². The average molecular weight is 573 g/mol. The summed E-state index contributed by atoms with van der Waals surface area (Å²) >= 11 is 0. The van der Waals surface area contributed by atoms with Gasteiger partial charge >= 0.3 is 6.03 Å². The van der Waals surface area contributed by atoms with Gasteiger partial charge in [-0.05, 0) is 43.0 Å². The Morgan fingerprint density at radius 3 is 2.39 bits per heavy atom. The highest BCUT2D eigenvalue weighted by atomic mass is 19.1. The van der Waals surface area contributed by atoms with Gasteiger partial charge in [-0.25, -0.2) is 27.6 Å². The van der Waals surface area contributed by atoms with Gasteiger partial charge < -0.3 is 20.3 Å². The molecule has 1 saturated heterocycles. The van der Waals surface area contributed by atoms with Crippen molar-refractivity contribution in [1.82, 2.24) is 24.6 Å². The first-order chi connectivity index (χ1) is 19.4. The molecule has 3 aromatic rings. The van der Waals surface area contributed by atoms with E-state index in [9.17, 15) is 13.6 Å². The molecule has 0 aliphatic carbocycles. The summed E-state index contributed by atoms with van der Waals surface area (Å²) in [7, 11) is 0. The summed E-state index contributed by atoms with van der Waals surface area (Å²) in [6.07, 6.45) is -1.89. The molecule has 1 aliphatic heterocycles. The fourth-order valence-electron chi connectivity index (χ4n) is 5.30. The van der Waals surface area contributed by atoms with Crippen molar-refractivity contribution in [2.75, 3.05) is 26.2 Å². The molecule has 222 valence electrons. The number of rotatable bonds is 8. The Balaban J connectivity index is 1.87. The van der Waals surface area contributed by atoms with E-state index in [-0.39, 0.29) is 49.3 Å². The van der Waals surface area contributed by atoms with Gasteiger partial charge in [0, 0.05) is 19.6 Å². The minimum Gasteiger partial charge on any atom is -0.372 e. The van der Waals surface area contributed by atoms with Gasteiger partial charge in [-0.1, -0.05) is 51.1 Å². The van der Waals surface area contributed by atoms with E-state index in [1.807, 2.05) is 65.0 Å². The lowest BCUT2D eigenvalue weighted by Crippen LogP contribution is -2.56. The summed E-state index contributed by atoms with van der Waals surface area (Å²) in [5, 5.41) is 4.60. The van der Waals surface area contributed by atoms with Crippen molar-refractivity contribution < 1.29 is 22.7 Å². The molecule has 41 heavy (non-hydrogen) atoms. The molecule has 8 nitrogen and oxygen atoms in total. The molecule has 0 spiro atoms. The maximum Gasteiger partial charge on any atom is 0.320 e. The van der Waals surface area contributed by atoms with Gasteiger partial charge in [0.25, 0.3) is 0 Å². The van der Waals surface area contributed by atoms with Crippen LogP contribution in [0.25, 0.3) is 11.4 Å². The number of ether oxygens (including phenoxy) is 1. The fourth-order valence-corrected chi connectivity index (χ4v) is 5.30. The van der Waals surface area contributed by atoms with Crippen LogP contribution in [0.15, 0.2) is 48.5 Å². The van der Waals surface area contributed by atoms with Gasteiger partial charge in [0.15, 0.2) is 11.6 Å². The van der Waals surface area contributed by atoms with Crippen LogP contribution in [0.5, 0.6) is 0 Å². The minimum absolute atomic E-state index is 0.0289. The smallest absolute Gasteiger partial charge is 0.320 e. The number of halogens is 3. The predicted octanol–water partition coefficient (Wildman–Crippen LogP) is 5.19. The fraction of sp³-hybridized carbons (Fsp3) is 0.500. The molecule has 2 amide bonds. The normalized spacial score (nSPS) is 19.2. The quantitative estimate of drug-likeness (QED) is 0.402. The zero-order valence-corrected chi connectivity index (χ0v) is 24.2. The van der Waals surface area contributed by atoms with Crippen LogP contribution in [0.3, 0.4) is 0 Å². The highest BCUT2D eigenvalue weighted by molar-refractivity contribution is 5.75. The number of carbonyl (C=O) groups is 1. The van der Waals surface area contributed by atoms with Crippen LogP contribution in [0.2, 0.25) is 0 Å². The van der Waals surface area contributed by atoms with Crippen LogP contribution in [0.4, 0.5) is 18.0 Å². The Kier molecular flexibility index (Phi) is 9.38. The average Bonchev–Trinajstić information content (AvgIpc) is 3.30. The molecule has 2 aromatic carbocycles. The van der Waals surface area contributed by atoms with Gasteiger partial charge in [-0.3, -0.25) is 0 Å². The molecule has 1 unspecified atom stereocenters. The summed E-state index contributed by atoms with van der Waals surface area (Å²) in [6, 6.07) is 11.4. The Labute approximate surface area is 239 Å². The molecular formula is C30H39F3N6O2. The predicted molar refractivity (Wildman–Crippen MR) is 151 cm³/mol. The number of amides is 2. The van der Waals surface area contributed by atoms with Crippen molar-refractivity contribution in [1.29, 1.82) is 0 Å². The van der Waals surface area contributed by atoms with Crippen molar-refractivity contribution in [3.05, 3.63) is 71.6 Å². The summed E-state index contributed by atoms with van der Waals surface area (Å²) in [4.78, 5) is 22.0. The molecule has 1 fully saturated rings. The number of nitrogens with two attached hydrogens (primary N) is 1. The highest BCUT2D eigenvalue weighted by Crippen LogP contribution is 2.39. The van der Waals surface area contributed by atoms with Crippen molar-refractivity contribution in [3.8, 4) is 11.4 Å². The van der Waals surface area contributed by atoms with Gasteiger partial charge in [0.05, 0.1) is 36.9 Å². The minimum atomic E-state index is -1.50. The molecule has 11 heteroatoms. The Morgan fingerprint density at radius 1 is 1.12 bits per heavy atom. The third-order valence-corrected chi connectivity index (χ3v) is 7.01. The van der Waals surface area contributed by atoms with Crippen LogP contribution in [-0.4, -0.2) is 75.2 Å². The van der Waals surface area contributed by atoms with Crippen molar-refractivity contribution in [2.45, 2.75) is 65.6 Å². The summed E-state index contributed by atoms with van der Waals surface area (Å²) < 4.78 is 51.5. The third kappa shape index (κ3) is 7.26. The van der Waals surface area contributed by atoms with Crippen LogP contribution in [-0.2, 0) is 11.3 Å². The van der Waals surface area contributed by atoms with Gasteiger partial charge in [-0.15, -0.1) is 0 Å². The van der Waals surface area contributed by atoms with E-state index in [1.165, 1.54) is 4.90 Å². The first-order valence-corrected chi connectivity index (χ1v) is 13.9. The lowest BCUT2D eigenvalue weighted by Gasteiger charge is -2.44. The van der Waals surface area contributed by atoms with E-state index >= 15 is 4.39 Å². The maximum atomic E-state index is 15.0. The number of benzene rings is 2. The lowest BCUT2D eigenvalue weighted by molar-refractivity contribution is -0.0620. The maximum absolute atomic E-state index is 15.0.